The molecule has 1 aliphatic heterocycles. The summed E-state index contributed by atoms with van der Waals surface area (Å²) in [7, 11) is 0. The van der Waals surface area contributed by atoms with Crippen LogP contribution in [0.4, 0.5) is 5.69 Å². The SMILES string of the molecule is CCNC(=O)C1CCN(c2ccc(Cl)cc2C)C1=O. The first kappa shape index (κ1) is 13.9. The quantitative estimate of drug-likeness (QED) is 0.863. The number of carbonyl (C=O) groups is 2. The fourth-order valence-electron chi connectivity index (χ4n) is 2.38. The molecule has 0 spiro atoms. The molecule has 1 fully saturated rings. The smallest absolute Gasteiger partial charge is 0.239 e. The Kier molecular flexibility index (Phi) is 4.10. The van der Waals surface area contributed by atoms with Gasteiger partial charge in [0, 0.05) is 23.8 Å². The number of amides is 2. The van der Waals surface area contributed by atoms with Gasteiger partial charge in [0.25, 0.3) is 0 Å². The van der Waals surface area contributed by atoms with Gasteiger partial charge in [-0.05, 0) is 44.0 Å². The number of carbonyl (C=O) groups excluding carboxylic acids is 2. The molecule has 1 saturated heterocycles. The van der Waals surface area contributed by atoms with Crippen LogP contribution in [0.2, 0.25) is 5.02 Å². The van der Waals surface area contributed by atoms with Gasteiger partial charge in [-0.15, -0.1) is 0 Å². The first-order valence-corrected chi connectivity index (χ1v) is 6.77. The zero-order chi connectivity index (χ0) is 14.0. The standard InChI is InChI=1S/C14H17ClN2O2/c1-3-16-13(18)11-6-7-17(14(11)19)12-5-4-10(15)8-9(12)2/h4-5,8,11H,3,6-7H2,1-2H3,(H,16,18). The molecule has 1 heterocycles. The fourth-order valence-corrected chi connectivity index (χ4v) is 2.61. The van der Waals surface area contributed by atoms with E-state index in [4.69, 9.17) is 11.6 Å². The van der Waals surface area contributed by atoms with Gasteiger partial charge in [-0.3, -0.25) is 9.59 Å². The van der Waals surface area contributed by atoms with Crippen LogP contribution in [0.15, 0.2) is 18.2 Å². The molecule has 102 valence electrons. The van der Waals surface area contributed by atoms with E-state index < -0.39 is 5.92 Å². The van der Waals surface area contributed by atoms with Crippen LogP contribution < -0.4 is 10.2 Å². The molecule has 1 aromatic carbocycles. The third-order valence-corrected chi connectivity index (χ3v) is 3.56. The number of rotatable bonds is 3. The summed E-state index contributed by atoms with van der Waals surface area (Å²) in [6.07, 6.45) is 0.562. The van der Waals surface area contributed by atoms with Crippen molar-refractivity contribution in [3.8, 4) is 0 Å². The largest absolute Gasteiger partial charge is 0.356 e. The number of hydrogen-bond donors (Lipinski definition) is 1. The monoisotopic (exact) mass is 280 g/mol. The molecular weight excluding hydrogens is 264 g/mol. The molecule has 0 aromatic heterocycles. The molecule has 2 rings (SSSR count). The summed E-state index contributed by atoms with van der Waals surface area (Å²) in [6, 6.07) is 5.41. The van der Waals surface area contributed by atoms with E-state index in [9.17, 15) is 9.59 Å². The molecular formula is C14H17ClN2O2. The predicted octanol–water partition coefficient (Wildman–Crippen LogP) is 2.14. The Morgan fingerprint density at radius 2 is 2.26 bits per heavy atom. The van der Waals surface area contributed by atoms with E-state index in [-0.39, 0.29) is 11.8 Å². The number of anilines is 1. The molecule has 0 aliphatic carbocycles. The van der Waals surface area contributed by atoms with E-state index in [1.165, 1.54) is 0 Å². The van der Waals surface area contributed by atoms with Crippen molar-refractivity contribution in [1.29, 1.82) is 0 Å². The Balaban J connectivity index is 2.20. The topological polar surface area (TPSA) is 49.4 Å². The van der Waals surface area contributed by atoms with Crippen molar-refractivity contribution in [2.24, 2.45) is 5.92 Å². The van der Waals surface area contributed by atoms with Crippen molar-refractivity contribution in [3.63, 3.8) is 0 Å². The molecule has 0 saturated carbocycles. The summed E-state index contributed by atoms with van der Waals surface area (Å²) in [5.41, 5.74) is 1.78. The van der Waals surface area contributed by atoms with Gasteiger partial charge in [0.05, 0.1) is 0 Å². The van der Waals surface area contributed by atoms with E-state index in [1.807, 2.05) is 26.0 Å². The second-order valence-corrected chi connectivity index (χ2v) is 5.09. The number of benzene rings is 1. The lowest BCUT2D eigenvalue weighted by Gasteiger charge is -2.19. The lowest BCUT2D eigenvalue weighted by Crippen LogP contribution is -2.36. The summed E-state index contributed by atoms with van der Waals surface area (Å²) in [6.45, 7) is 4.87. The van der Waals surface area contributed by atoms with Crippen molar-refractivity contribution in [3.05, 3.63) is 28.8 Å². The molecule has 1 N–H and O–H groups in total. The Labute approximate surface area is 117 Å². The maximum atomic E-state index is 12.3. The second-order valence-electron chi connectivity index (χ2n) is 4.66. The molecule has 1 aliphatic rings. The van der Waals surface area contributed by atoms with Gasteiger partial charge in [-0.2, -0.15) is 0 Å². The third kappa shape index (κ3) is 2.73. The molecule has 0 radical (unpaired) electrons. The van der Waals surface area contributed by atoms with Gasteiger partial charge in [-0.1, -0.05) is 11.6 Å². The summed E-state index contributed by atoms with van der Waals surface area (Å²) in [5, 5.41) is 3.35. The van der Waals surface area contributed by atoms with Crippen molar-refractivity contribution in [1.82, 2.24) is 5.32 Å². The average molecular weight is 281 g/mol. The number of hydrogen-bond acceptors (Lipinski definition) is 2. The summed E-state index contributed by atoms with van der Waals surface area (Å²) in [5.74, 6) is -0.868. The average Bonchev–Trinajstić information content (AvgIpc) is 2.72. The third-order valence-electron chi connectivity index (χ3n) is 3.32. The van der Waals surface area contributed by atoms with Crippen LogP contribution in [0, 0.1) is 12.8 Å². The first-order chi connectivity index (χ1) is 9.04. The minimum Gasteiger partial charge on any atom is -0.356 e. The Hall–Kier alpha value is -1.55. The molecule has 1 unspecified atom stereocenters. The minimum atomic E-state index is -0.560. The van der Waals surface area contributed by atoms with Gasteiger partial charge in [0.2, 0.25) is 11.8 Å². The zero-order valence-corrected chi connectivity index (χ0v) is 11.8. The number of nitrogens with one attached hydrogen (secondary N) is 1. The van der Waals surface area contributed by atoms with Crippen molar-refractivity contribution in [2.75, 3.05) is 18.0 Å². The van der Waals surface area contributed by atoms with Gasteiger partial charge in [0.1, 0.15) is 5.92 Å². The Morgan fingerprint density at radius 3 is 2.89 bits per heavy atom. The first-order valence-electron chi connectivity index (χ1n) is 6.39. The highest BCUT2D eigenvalue weighted by Gasteiger charge is 2.37. The summed E-state index contributed by atoms with van der Waals surface area (Å²) in [4.78, 5) is 25.8. The maximum Gasteiger partial charge on any atom is 0.239 e. The molecule has 2 amide bonds. The Morgan fingerprint density at radius 1 is 1.53 bits per heavy atom. The summed E-state index contributed by atoms with van der Waals surface area (Å²) < 4.78 is 0. The van der Waals surface area contributed by atoms with Gasteiger partial charge in [0.15, 0.2) is 0 Å². The minimum absolute atomic E-state index is 0.128. The van der Waals surface area contributed by atoms with Crippen LogP contribution in [-0.4, -0.2) is 24.9 Å². The number of halogens is 1. The van der Waals surface area contributed by atoms with Crippen LogP contribution >= 0.6 is 11.6 Å². The number of aryl methyl sites for hydroxylation is 1. The number of nitrogens with zero attached hydrogens (tertiary/aromatic N) is 1. The highest BCUT2D eigenvalue weighted by molar-refractivity contribution is 6.30. The van der Waals surface area contributed by atoms with Crippen LogP contribution in [0.1, 0.15) is 18.9 Å². The Bertz CT molecular complexity index is 516. The fraction of sp³-hybridized carbons (Fsp3) is 0.429. The van der Waals surface area contributed by atoms with Crippen molar-refractivity contribution >= 4 is 29.1 Å². The van der Waals surface area contributed by atoms with Gasteiger partial charge >= 0.3 is 0 Å². The molecule has 19 heavy (non-hydrogen) atoms. The maximum absolute atomic E-state index is 12.3. The molecule has 1 aromatic rings. The highest BCUT2D eigenvalue weighted by atomic mass is 35.5. The normalized spacial score (nSPS) is 18.8. The predicted molar refractivity (Wildman–Crippen MR) is 75.3 cm³/mol. The van der Waals surface area contributed by atoms with Crippen LogP contribution in [-0.2, 0) is 9.59 Å². The van der Waals surface area contributed by atoms with E-state index in [0.29, 0.717) is 24.5 Å². The molecule has 4 nitrogen and oxygen atoms in total. The van der Waals surface area contributed by atoms with Crippen LogP contribution in [0.25, 0.3) is 0 Å². The molecule has 1 atom stereocenters. The van der Waals surface area contributed by atoms with Gasteiger partial charge < -0.3 is 10.2 Å². The lowest BCUT2D eigenvalue weighted by atomic mass is 10.1. The van der Waals surface area contributed by atoms with Crippen molar-refractivity contribution < 1.29 is 9.59 Å². The van der Waals surface area contributed by atoms with E-state index >= 15 is 0 Å². The molecule has 5 heteroatoms. The lowest BCUT2D eigenvalue weighted by molar-refractivity contribution is -0.132. The van der Waals surface area contributed by atoms with Crippen LogP contribution in [0.5, 0.6) is 0 Å². The van der Waals surface area contributed by atoms with E-state index in [0.717, 1.165) is 11.3 Å². The molecule has 0 bridgehead atoms. The van der Waals surface area contributed by atoms with Crippen molar-refractivity contribution in [2.45, 2.75) is 20.3 Å². The highest BCUT2D eigenvalue weighted by Crippen LogP contribution is 2.29. The van der Waals surface area contributed by atoms with Crippen LogP contribution in [0.3, 0.4) is 0 Å². The van der Waals surface area contributed by atoms with E-state index in [1.54, 1.807) is 11.0 Å². The second kappa shape index (κ2) is 5.61. The van der Waals surface area contributed by atoms with Gasteiger partial charge in [-0.25, -0.2) is 0 Å². The zero-order valence-electron chi connectivity index (χ0n) is 11.1. The summed E-state index contributed by atoms with van der Waals surface area (Å²) >= 11 is 5.91. The van der Waals surface area contributed by atoms with E-state index in [2.05, 4.69) is 5.32 Å².